The molecule has 84 valence electrons. The van der Waals surface area contributed by atoms with Crippen molar-refractivity contribution in [2.75, 3.05) is 7.11 Å². The molecule has 2 rings (SSSR count). The summed E-state index contributed by atoms with van der Waals surface area (Å²) < 4.78 is 5.31. The maximum Gasteiger partial charge on any atom is 0.122 e. The minimum atomic E-state index is 0.754. The van der Waals surface area contributed by atoms with Crippen LogP contribution in [-0.4, -0.2) is 12.1 Å². The molecule has 16 heavy (non-hydrogen) atoms. The first-order valence-electron chi connectivity index (χ1n) is 5.00. The molecule has 1 heterocycles. The molecule has 0 spiro atoms. The van der Waals surface area contributed by atoms with Gasteiger partial charge in [-0.25, -0.2) is 4.98 Å². The molecule has 4 heteroatoms. The van der Waals surface area contributed by atoms with Gasteiger partial charge in [0.2, 0.25) is 0 Å². The summed E-state index contributed by atoms with van der Waals surface area (Å²) in [4.78, 5) is 5.57. The highest BCUT2D eigenvalue weighted by Gasteiger charge is 2.06. The van der Waals surface area contributed by atoms with Gasteiger partial charge in [0.05, 0.1) is 12.1 Å². The summed E-state index contributed by atoms with van der Waals surface area (Å²) in [6.07, 6.45) is 2.71. The van der Waals surface area contributed by atoms with E-state index in [1.165, 1.54) is 10.4 Å². The van der Waals surface area contributed by atoms with E-state index in [2.05, 4.69) is 23.7 Å². The molecule has 0 aliphatic rings. The van der Waals surface area contributed by atoms with Crippen LogP contribution in [0.3, 0.4) is 0 Å². The molecular formula is C12H13NOS2. The minimum absolute atomic E-state index is 0.754. The Morgan fingerprint density at radius 3 is 2.88 bits per heavy atom. The van der Waals surface area contributed by atoms with Crippen molar-refractivity contribution in [3.8, 4) is 5.75 Å². The molecule has 0 fully saturated rings. The fourth-order valence-electron chi connectivity index (χ4n) is 1.51. The first kappa shape index (κ1) is 11.5. The fourth-order valence-corrected chi connectivity index (χ4v) is 2.60. The van der Waals surface area contributed by atoms with Crippen LogP contribution in [0.2, 0.25) is 0 Å². The predicted octanol–water partition coefficient (Wildman–Crippen LogP) is 3.17. The Labute approximate surface area is 105 Å². The van der Waals surface area contributed by atoms with Crippen molar-refractivity contribution in [3.05, 3.63) is 45.9 Å². The van der Waals surface area contributed by atoms with Crippen LogP contribution in [0, 0.1) is 0 Å². The van der Waals surface area contributed by atoms with Gasteiger partial charge in [-0.3, -0.25) is 0 Å². The summed E-state index contributed by atoms with van der Waals surface area (Å²) in [7, 11) is 1.69. The molecular weight excluding hydrogens is 238 g/mol. The molecule has 0 unspecified atom stereocenters. The highest BCUT2D eigenvalue weighted by molar-refractivity contribution is 7.79. The smallest absolute Gasteiger partial charge is 0.122 e. The van der Waals surface area contributed by atoms with Crippen LogP contribution in [-0.2, 0) is 12.2 Å². The van der Waals surface area contributed by atoms with Crippen molar-refractivity contribution in [1.82, 2.24) is 4.98 Å². The van der Waals surface area contributed by atoms with Gasteiger partial charge in [0.15, 0.2) is 0 Å². The molecule has 0 saturated heterocycles. The summed E-state index contributed by atoms with van der Waals surface area (Å²) in [6, 6.07) is 8.04. The zero-order valence-corrected chi connectivity index (χ0v) is 10.7. The first-order valence-corrected chi connectivity index (χ1v) is 6.44. The van der Waals surface area contributed by atoms with Gasteiger partial charge in [-0.05, 0) is 6.07 Å². The number of ether oxygens (including phenoxy) is 1. The van der Waals surface area contributed by atoms with Gasteiger partial charge in [-0.2, -0.15) is 12.6 Å². The Bertz CT molecular complexity index is 468. The first-order chi connectivity index (χ1) is 7.83. The van der Waals surface area contributed by atoms with Crippen LogP contribution in [0.4, 0.5) is 0 Å². The Hall–Kier alpha value is -1.000. The summed E-state index contributed by atoms with van der Waals surface area (Å²) in [5.41, 5.74) is 1.17. The third-order valence-corrected chi connectivity index (χ3v) is 3.84. The van der Waals surface area contributed by atoms with Gasteiger partial charge in [-0.15, -0.1) is 11.3 Å². The standard InChI is InChI=1S/C12H13NOS2/c1-14-11-5-3-2-4-9(11)6-12-13-7-10(8-15)16-12/h2-5,7,15H,6,8H2,1H3. The average molecular weight is 251 g/mol. The number of rotatable bonds is 4. The molecule has 0 atom stereocenters. The third-order valence-electron chi connectivity index (χ3n) is 2.29. The molecule has 0 bridgehead atoms. The van der Waals surface area contributed by atoms with Crippen molar-refractivity contribution in [2.24, 2.45) is 0 Å². The van der Waals surface area contributed by atoms with E-state index in [-0.39, 0.29) is 0 Å². The highest BCUT2D eigenvalue weighted by atomic mass is 32.1. The van der Waals surface area contributed by atoms with E-state index < -0.39 is 0 Å². The van der Waals surface area contributed by atoms with E-state index in [9.17, 15) is 0 Å². The van der Waals surface area contributed by atoms with Crippen molar-refractivity contribution < 1.29 is 4.74 Å². The van der Waals surface area contributed by atoms with Gasteiger partial charge in [0.1, 0.15) is 5.75 Å². The summed E-state index contributed by atoms with van der Waals surface area (Å²) in [5, 5.41) is 1.11. The molecule has 2 aromatic rings. The van der Waals surface area contributed by atoms with E-state index in [4.69, 9.17) is 4.74 Å². The Morgan fingerprint density at radius 2 is 2.19 bits per heavy atom. The number of nitrogens with zero attached hydrogens (tertiary/aromatic N) is 1. The SMILES string of the molecule is COc1ccccc1Cc1ncc(CS)s1. The molecule has 0 radical (unpaired) electrons. The second-order valence-electron chi connectivity index (χ2n) is 3.37. The van der Waals surface area contributed by atoms with Crippen LogP contribution in [0.25, 0.3) is 0 Å². The zero-order valence-electron chi connectivity index (χ0n) is 9.01. The maximum atomic E-state index is 5.31. The number of aromatic nitrogens is 1. The molecule has 2 nitrogen and oxygen atoms in total. The lowest BCUT2D eigenvalue weighted by Gasteiger charge is -2.05. The lowest BCUT2D eigenvalue weighted by Crippen LogP contribution is -1.92. The van der Waals surface area contributed by atoms with Crippen molar-refractivity contribution >= 4 is 24.0 Å². The molecule has 0 aliphatic heterocycles. The Balaban J connectivity index is 2.19. The summed E-state index contributed by atoms with van der Waals surface area (Å²) in [5.74, 6) is 1.67. The van der Waals surface area contributed by atoms with Crippen molar-refractivity contribution in [2.45, 2.75) is 12.2 Å². The molecule has 0 N–H and O–H groups in total. The minimum Gasteiger partial charge on any atom is -0.496 e. The molecule has 0 amide bonds. The van der Waals surface area contributed by atoms with Gasteiger partial charge in [0, 0.05) is 28.8 Å². The van der Waals surface area contributed by atoms with Crippen LogP contribution < -0.4 is 4.74 Å². The van der Waals surface area contributed by atoms with Crippen LogP contribution in [0.1, 0.15) is 15.4 Å². The van der Waals surface area contributed by atoms with Gasteiger partial charge in [-0.1, -0.05) is 18.2 Å². The molecule has 1 aromatic carbocycles. The summed E-state index contributed by atoms with van der Waals surface area (Å²) >= 11 is 5.94. The normalized spacial score (nSPS) is 10.4. The number of methoxy groups -OCH3 is 1. The molecule has 0 aliphatic carbocycles. The van der Waals surface area contributed by atoms with E-state index in [1.807, 2.05) is 24.4 Å². The number of thiazole rings is 1. The van der Waals surface area contributed by atoms with Crippen molar-refractivity contribution in [3.63, 3.8) is 0 Å². The number of thiol groups is 1. The Morgan fingerprint density at radius 1 is 1.38 bits per heavy atom. The van der Waals surface area contributed by atoms with E-state index in [0.717, 1.165) is 22.9 Å². The Kier molecular flexibility index (Phi) is 3.85. The lowest BCUT2D eigenvalue weighted by atomic mass is 10.1. The van der Waals surface area contributed by atoms with Crippen LogP contribution >= 0.6 is 24.0 Å². The van der Waals surface area contributed by atoms with Crippen molar-refractivity contribution in [1.29, 1.82) is 0 Å². The number of benzene rings is 1. The van der Waals surface area contributed by atoms with Gasteiger partial charge in [0.25, 0.3) is 0 Å². The second kappa shape index (κ2) is 5.37. The lowest BCUT2D eigenvalue weighted by molar-refractivity contribution is 0.410. The van der Waals surface area contributed by atoms with Crippen LogP contribution in [0.15, 0.2) is 30.5 Å². The molecule has 0 saturated carbocycles. The summed E-state index contributed by atoms with van der Waals surface area (Å²) in [6.45, 7) is 0. The topological polar surface area (TPSA) is 22.1 Å². The monoisotopic (exact) mass is 251 g/mol. The second-order valence-corrected chi connectivity index (χ2v) is 4.88. The quantitative estimate of drug-likeness (QED) is 0.843. The van der Waals surface area contributed by atoms with Gasteiger partial charge < -0.3 is 4.74 Å². The number of hydrogen-bond acceptors (Lipinski definition) is 4. The highest BCUT2D eigenvalue weighted by Crippen LogP contribution is 2.23. The van der Waals surface area contributed by atoms with E-state index in [0.29, 0.717) is 0 Å². The van der Waals surface area contributed by atoms with E-state index >= 15 is 0 Å². The number of hydrogen-bond donors (Lipinski definition) is 1. The van der Waals surface area contributed by atoms with Crippen LogP contribution in [0.5, 0.6) is 5.75 Å². The zero-order chi connectivity index (χ0) is 11.4. The maximum absolute atomic E-state index is 5.31. The van der Waals surface area contributed by atoms with Gasteiger partial charge >= 0.3 is 0 Å². The fraction of sp³-hybridized carbons (Fsp3) is 0.250. The molecule has 1 aromatic heterocycles. The largest absolute Gasteiger partial charge is 0.496 e. The predicted molar refractivity (Wildman–Crippen MR) is 70.6 cm³/mol. The van der Waals surface area contributed by atoms with E-state index in [1.54, 1.807) is 18.4 Å². The average Bonchev–Trinajstić information content (AvgIpc) is 2.77. The number of para-hydroxylation sites is 1. The third kappa shape index (κ3) is 2.57.